The van der Waals surface area contributed by atoms with Crippen molar-refractivity contribution in [3.05, 3.63) is 59.4 Å². The van der Waals surface area contributed by atoms with Crippen LogP contribution in [0.25, 0.3) is 0 Å². The van der Waals surface area contributed by atoms with E-state index in [-0.39, 0.29) is 4.90 Å². The first-order chi connectivity index (χ1) is 11.3. The lowest BCUT2D eigenvalue weighted by molar-refractivity contribution is -0.122. The number of sulfonamides is 1. The van der Waals surface area contributed by atoms with Gasteiger partial charge in [0, 0.05) is 18.9 Å². The van der Waals surface area contributed by atoms with Gasteiger partial charge in [-0.2, -0.15) is 4.72 Å². The zero-order valence-corrected chi connectivity index (χ0v) is 14.7. The minimum atomic E-state index is -3.76. The van der Waals surface area contributed by atoms with E-state index in [1.807, 2.05) is 13.0 Å². The molecule has 1 aromatic carbocycles. The van der Waals surface area contributed by atoms with Crippen molar-refractivity contribution in [3.63, 3.8) is 0 Å². The van der Waals surface area contributed by atoms with Crippen LogP contribution >= 0.6 is 0 Å². The molecule has 0 aliphatic heterocycles. The summed E-state index contributed by atoms with van der Waals surface area (Å²) in [6.45, 7) is 5.43. The molecule has 0 aliphatic carbocycles. The molecule has 1 atom stereocenters. The standard InChI is InChI=1S/C17H21N3O3S/c1-12-6-7-16(13(2)9-12)24(22,23)20-14(3)17(21)19-11-15-5-4-8-18-10-15/h4-10,14,20H,11H2,1-3H3,(H,19,21)/t14-/m1/s1. The van der Waals surface area contributed by atoms with Crippen LogP contribution in [0.1, 0.15) is 23.6 Å². The quantitative estimate of drug-likeness (QED) is 0.832. The van der Waals surface area contributed by atoms with Crippen molar-refractivity contribution in [2.24, 2.45) is 0 Å². The molecule has 0 fully saturated rings. The van der Waals surface area contributed by atoms with Gasteiger partial charge in [-0.1, -0.05) is 23.8 Å². The van der Waals surface area contributed by atoms with Crippen molar-refractivity contribution in [1.82, 2.24) is 15.0 Å². The molecule has 0 saturated carbocycles. The van der Waals surface area contributed by atoms with Gasteiger partial charge in [0.05, 0.1) is 10.9 Å². The molecule has 0 bridgehead atoms. The van der Waals surface area contributed by atoms with Crippen LogP contribution in [0.5, 0.6) is 0 Å². The van der Waals surface area contributed by atoms with Crippen LogP contribution in [0.15, 0.2) is 47.6 Å². The van der Waals surface area contributed by atoms with Crippen LogP contribution in [-0.4, -0.2) is 25.4 Å². The fourth-order valence-corrected chi connectivity index (χ4v) is 3.72. The average Bonchev–Trinajstić information content (AvgIpc) is 2.52. The first-order valence-electron chi connectivity index (χ1n) is 7.56. The molecule has 0 radical (unpaired) electrons. The molecule has 1 aromatic heterocycles. The summed E-state index contributed by atoms with van der Waals surface area (Å²) < 4.78 is 27.3. The highest BCUT2D eigenvalue weighted by Gasteiger charge is 2.23. The topological polar surface area (TPSA) is 88.2 Å². The molecular weight excluding hydrogens is 326 g/mol. The Kier molecular flexibility index (Phi) is 5.69. The van der Waals surface area contributed by atoms with Crippen LogP contribution in [0.4, 0.5) is 0 Å². The lowest BCUT2D eigenvalue weighted by Gasteiger charge is -2.15. The second kappa shape index (κ2) is 7.55. The van der Waals surface area contributed by atoms with Crippen molar-refractivity contribution >= 4 is 15.9 Å². The minimum absolute atomic E-state index is 0.181. The van der Waals surface area contributed by atoms with Crippen molar-refractivity contribution < 1.29 is 13.2 Å². The minimum Gasteiger partial charge on any atom is -0.351 e. The van der Waals surface area contributed by atoms with Gasteiger partial charge in [-0.25, -0.2) is 8.42 Å². The van der Waals surface area contributed by atoms with Crippen LogP contribution in [0.2, 0.25) is 0 Å². The Morgan fingerprint density at radius 2 is 2.00 bits per heavy atom. The molecule has 6 nitrogen and oxygen atoms in total. The molecule has 0 aliphatic rings. The molecule has 0 saturated heterocycles. The molecule has 1 heterocycles. The van der Waals surface area contributed by atoms with E-state index in [4.69, 9.17) is 0 Å². The van der Waals surface area contributed by atoms with E-state index in [0.717, 1.165) is 11.1 Å². The van der Waals surface area contributed by atoms with Gasteiger partial charge < -0.3 is 5.32 Å². The number of aromatic nitrogens is 1. The predicted molar refractivity (Wildman–Crippen MR) is 91.8 cm³/mol. The summed E-state index contributed by atoms with van der Waals surface area (Å²) >= 11 is 0. The normalized spacial score (nSPS) is 12.6. The number of carbonyl (C=O) groups is 1. The average molecular weight is 347 g/mol. The summed E-state index contributed by atoms with van der Waals surface area (Å²) in [5, 5.41) is 2.69. The SMILES string of the molecule is Cc1ccc(S(=O)(=O)N[C@H](C)C(=O)NCc2cccnc2)c(C)c1. The molecule has 24 heavy (non-hydrogen) atoms. The van der Waals surface area contributed by atoms with Gasteiger partial charge in [-0.15, -0.1) is 0 Å². The van der Waals surface area contributed by atoms with E-state index in [9.17, 15) is 13.2 Å². The first kappa shape index (κ1) is 18.1. The highest BCUT2D eigenvalue weighted by atomic mass is 32.2. The summed E-state index contributed by atoms with van der Waals surface area (Å²) in [5.41, 5.74) is 2.47. The lowest BCUT2D eigenvalue weighted by atomic mass is 10.2. The molecule has 0 unspecified atom stereocenters. The molecule has 2 N–H and O–H groups in total. The number of nitrogens with zero attached hydrogens (tertiary/aromatic N) is 1. The molecule has 7 heteroatoms. The Morgan fingerprint density at radius 1 is 1.25 bits per heavy atom. The number of pyridine rings is 1. The van der Waals surface area contributed by atoms with Gasteiger partial charge in [0.2, 0.25) is 15.9 Å². The zero-order chi connectivity index (χ0) is 17.7. The van der Waals surface area contributed by atoms with Crippen LogP contribution in [0.3, 0.4) is 0 Å². The van der Waals surface area contributed by atoms with E-state index < -0.39 is 22.0 Å². The van der Waals surface area contributed by atoms with Crippen LogP contribution in [-0.2, 0) is 21.4 Å². The zero-order valence-electron chi connectivity index (χ0n) is 13.9. The molecule has 2 aromatic rings. The number of nitrogens with one attached hydrogen (secondary N) is 2. The third-order valence-corrected chi connectivity index (χ3v) is 5.24. The monoisotopic (exact) mass is 347 g/mol. The summed E-state index contributed by atoms with van der Waals surface area (Å²) in [7, 11) is -3.76. The smallest absolute Gasteiger partial charge is 0.241 e. The van der Waals surface area contributed by atoms with Gasteiger partial charge in [0.25, 0.3) is 0 Å². The predicted octanol–water partition coefficient (Wildman–Crippen LogP) is 1.68. The van der Waals surface area contributed by atoms with Crippen molar-refractivity contribution in [2.75, 3.05) is 0 Å². The van der Waals surface area contributed by atoms with E-state index in [2.05, 4.69) is 15.0 Å². The number of benzene rings is 1. The van der Waals surface area contributed by atoms with Crippen LogP contribution < -0.4 is 10.0 Å². The van der Waals surface area contributed by atoms with Crippen molar-refractivity contribution in [3.8, 4) is 0 Å². The van der Waals surface area contributed by atoms with Gasteiger partial charge in [-0.05, 0) is 44.0 Å². The molecule has 2 rings (SSSR count). The lowest BCUT2D eigenvalue weighted by Crippen LogP contribution is -2.44. The highest BCUT2D eigenvalue weighted by molar-refractivity contribution is 7.89. The van der Waals surface area contributed by atoms with Crippen molar-refractivity contribution in [1.29, 1.82) is 0 Å². The van der Waals surface area contributed by atoms with E-state index in [0.29, 0.717) is 12.1 Å². The number of aryl methyl sites for hydroxylation is 2. The number of amides is 1. The maximum atomic E-state index is 12.5. The summed E-state index contributed by atoms with van der Waals surface area (Å²) in [4.78, 5) is 16.2. The first-order valence-corrected chi connectivity index (χ1v) is 9.04. The van der Waals surface area contributed by atoms with Crippen molar-refractivity contribution in [2.45, 2.75) is 38.3 Å². The molecule has 0 spiro atoms. The summed E-state index contributed by atoms with van der Waals surface area (Å²) in [6, 6.07) is 7.79. The Labute approximate surface area is 142 Å². The highest BCUT2D eigenvalue weighted by Crippen LogP contribution is 2.16. The van der Waals surface area contributed by atoms with Crippen LogP contribution in [0, 0.1) is 13.8 Å². The Balaban J connectivity index is 2.02. The van der Waals surface area contributed by atoms with Gasteiger partial charge in [0.15, 0.2) is 0 Å². The largest absolute Gasteiger partial charge is 0.351 e. The Hall–Kier alpha value is -2.25. The second-order valence-electron chi connectivity index (χ2n) is 5.69. The van der Waals surface area contributed by atoms with E-state index in [1.54, 1.807) is 43.6 Å². The number of hydrogen-bond acceptors (Lipinski definition) is 4. The Bertz CT molecular complexity index is 820. The van der Waals surface area contributed by atoms with Gasteiger partial charge in [-0.3, -0.25) is 9.78 Å². The third-order valence-electron chi connectivity index (χ3n) is 3.53. The maximum Gasteiger partial charge on any atom is 0.241 e. The summed E-state index contributed by atoms with van der Waals surface area (Å²) in [5.74, 6) is -0.396. The Morgan fingerprint density at radius 3 is 2.62 bits per heavy atom. The number of carbonyl (C=O) groups excluding carboxylic acids is 1. The number of rotatable bonds is 6. The molecule has 128 valence electrons. The molecular formula is C17H21N3O3S. The van der Waals surface area contributed by atoms with E-state index >= 15 is 0 Å². The maximum absolute atomic E-state index is 12.5. The third kappa shape index (κ3) is 4.62. The van der Waals surface area contributed by atoms with Gasteiger partial charge >= 0.3 is 0 Å². The van der Waals surface area contributed by atoms with Gasteiger partial charge in [0.1, 0.15) is 0 Å². The summed E-state index contributed by atoms with van der Waals surface area (Å²) in [6.07, 6.45) is 3.29. The molecule has 1 amide bonds. The fourth-order valence-electron chi connectivity index (χ4n) is 2.30. The second-order valence-corrected chi connectivity index (χ2v) is 7.37. The van der Waals surface area contributed by atoms with E-state index in [1.165, 1.54) is 6.92 Å². The fraction of sp³-hybridized carbons (Fsp3) is 0.294. The number of hydrogen-bond donors (Lipinski definition) is 2.